The van der Waals surface area contributed by atoms with Crippen molar-refractivity contribution >= 4 is 17.5 Å². The molecular weight excluding hydrogens is 356 g/mol. The van der Waals surface area contributed by atoms with E-state index >= 15 is 0 Å². The van der Waals surface area contributed by atoms with Crippen molar-refractivity contribution in [1.29, 1.82) is 0 Å². The van der Waals surface area contributed by atoms with Gasteiger partial charge in [0.15, 0.2) is 0 Å². The number of amides is 1. The minimum atomic E-state index is -0.410. The van der Waals surface area contributed by atoms with Crippen LogP contribution in [0.2, 0.25) is 0 Å². The van der Waals surface area contributed by atoms with E-state index in [1.807, 2.05) is 36.4 Å². The zero-order chi connectivity index (χ0) is 20.1. The fourth-order valence-electron chi connectivity index (χ4n) is 3.46. The summed E-state index contributed by atoms with van der Waals surface area (Å²) in [6.07, 6.45) is 0.463. The lowest BCUT2D eigenvalue weighted by Crippen LogP contribution is -2.41. The van der Waals surface area contributed by atoms with Crippen molar-refractivity contribution in [1.82, 2.24) is 4.90 Å². The summed E-state index contributed by atoms with van der Waals surface area (Å²) in [7, 11) is 2.96. The summed E-state index contributed by atoms with van der Waals surface area (Å²) in [6, 6.07) is 15.3. The Kier molecular flexibility index (Phi) is 5.93. The highest BCUT2D eigenvalue weighted by Crippen LogP contribution is 2.25. The highest BCUT2D eigenvalue weighted by molar-refractivity contribution is 6.05. The number of carbonyl (C=O) groups excluding carboxylic acids is 1. The Morgan fingerprint density at radius 1 is 1.14 bits per heavy atom. The van der Waals surface area contributed by atoms with Gasteiger partial charge in [-0.2, -0.15) is 0 Å². The number of nitrogens with zero attached hydrogens (tertiary/aromatic N) is 3. The lowest BCUT2D eigenvalue weighted by molar-refractivity contribution is 0.0763. The minimum absolute atomic E-state index is 0.138. The fourth-order valence-corrected chi connectivity index (χ4v) is 3.46. The summed E-state index contributed by atoms with van der Waals surface area (Å²) in [5.74, 6) is 5.58. The van der Waals surface area contributed by atoms with Gasteiger partial charge in [-0.05, 0) is 35.7 Å². The number of hydrazone groups is 1. The average molecular weight is 380 g/mol. The summed E-state index contributed by atoms with van der Waals surface area (Å²) in [5, 5.41) is 7.66. The molecule has 1 saturated heterocycles. The average Bonchev–Trinajstić information content (AvgIpc) is 3.13. The molecule has 0 aromatic heterocycles. The molecule has 7 nitrogen and oxygen atoms in total. The van der Waals surface area contributed by atoms with Gasteiger partial charge in [-0.1, -0.05) is 41.6 Å². The lowest BCUT2D eigenvalue weighted by Gasteiger charge is -2.24. The second-order valence-corrected chi connectivity index (χ2v) is 6.56. The number of oxime groups is 1. The minimum Gasteiger partial charge on any atom is -0.482 e. The second kappa shape index (κ2) is 8.56. The molecule has 1 aliphatic rings. The molecular formula is C21H24N4O3. The molecule has 146 valence electrons. The summed E-state index contributed by atoms with van der Waals surface area (Å²) >= 11 is 0. The maximum absolute atomic E-state index is 13.1. The van der Waals surface area contributed by atoms with Crippen molar-refractivity contribution < 1.29 is 14.4 Å². The largest absolute Gasteiger partial charge is 0.482 e. The van der Waals surface area contributed by atoms with Crippen molar-refractivity contribution in [3.63, 3.8) is 0 Å². The van der Waals surface area contributed by atoms with Crippen molar-refractivity contribution in [2.45, 2.75) is 19.4 Å². The molecule has 0 aliphatic carbocycles. The van der Waals surface area contributed by atoms with Gasteiger partial charge in [0.05, 0.1) is 19.4 Å². The Labute approximate surface area is 164 Å². The summed E-state index contributed by atoms with van der Waals surface area (Å²) in [5.41, 5.74) is 4.71. The van der Waals surface area contributed by atoms with E-state index in [2.05, 4.69) is 29.3 Å². The maximum Gasteiger partial charge on any atom is 0.254 e. The number of ether oxygens (including phenoxy) is 1. The van der Waals surface area contributed by atoms with Crippen LogP contribution in [0.4, 0.5) is 0 Å². The third-order valence-electron chi connectivity index (χ3n) is 4.85. The molecule has 1 atom stereocenters. The predicted octanol–water partition coefficient (Wildman–Crippen LogP) is 2.80. The Morgan fingerprint density at radius 3 is 2.46 bits per heavy atom. The summed E-state index contributed by atoms with van der Waals surface area (Å²) in [6.45, 7) is 2.40. The van der Waals surface area contributed by atoms with E-state index in [0.29, 0.717) is 18.5 Å². The first kappa shape index (κ1) is 19.4. The van der Waals surface area contributed by atoms with Gasteiger partial charge in [0.1, 0.15) is 13.2 Å². The van der Waals surface area contributed by atoms with Crippen LogP contribution in [0.3, 0.4) is 0 Å². The van der Waals surface area contributed by atoms with Gasteiger partial charge in [0.2, 0.25) is 5.90 Å². The standard InChI is InChI=1S/C21H24N4O3/c1-14-6-4-5-7-18(14)15-8-10-16(11-9-15)21(26)25-13-17(24-28-3)12-19(25)20(23-22)27-2/h4-11,19H,12-13,22H2,1-3H3/b23-20-,24-17?/t19-/m0/s1. The quantitative estimate of drug-likeness (QED) is 0.382. The van der Waals surface area contributed by atoms with E-state index in [-0.39, 0.29) is 11.8 Å². The van der Waals surface area contributed by atoms with Crippen LogP contribution in [0.15, 0.2) is 58.8 Å². The monoisotopic (exact) mass is 380 g/mol. The molecule has 1 aliphatic heterocycles. The number of hydrogen-bond donors (Lipinski definition) is 1. The predicted molar refractivity (Wildman–Crippen MR) is 109 cm³/mol. The molecule has 7 heteroatoms. The molecule has 0 spiro atoms. The molecule has 0 radical (unpaired) electrons. The van der Waals surface area contributed by atoms with Crippen LogP contribution in [-0.4, -0.2) is 49.2 Å². The third kappa shape index (κ3) is 3.83. The molecule has 0 saturated carbocycles. The molecule has 2 aromatic rings. The van der Waals surface area contributed by atoms with Crippen LogP contribution >= 0.6 is 0 Å². The normalized spacial score (nSPS) is 18.4. The molecule has 1 heterocycles. The molecule has 28 heavy (non-hydrogen) atoms. The molecule has 3 rings (SSSR count). The van der Waals surface area contributed by atoms with Crippen LogP contribution in [-0.2, 0) is 9.57 Å². The molecule has 2 aromatic carbocycles. The van der Waals surface area contributed by atoms with Crippen LogP contribution in [0.1, 0.15) is 22.3 Å². The number of rotatable bonds is 4. The van der Waals surface area contributed by atoms with Crippen molar-refractivity contribution in [3.8, 4) is 11.1 Å². The first-order valence-corrected chi connectivity index (χ1v) is 8.96. The van der Waals surface area contributed by atoms with Crippen molar-refractivity contribution in [2.75, 3.05) is 20.8 Å². The van der Waals surface area contributed by atoms with E-state index in [9.17, 15) is 4.79 Å². The first-order chi connectivity index (χ1) is 13.6. The van der Waals surface area contributed by atoms with E-state index in [4.69, 9.17) is 15.4 Å². The smallest absolute Gasteiger partial charge is 0.254 e. The lowest BCUT2D eigenvalue weighted by atomic mass is 9.99. The summed E-state index contributed by atoms with van der Waals surface area (Å²) < 4.78 is 5.25. The fraction of sp³-hybridized carbons (Fsp3) is 0.286. The third-order valence-corrected chi connectivity index (χ3v) is 4.85. The second-order valence-electron chi connectivity index (χ2n) is 6.56. The number of benzene rings is 2. The molecule has 1 amide bonds. The van der Waals surface area contributed by atoms with Gasteiger partial charge >= 0.3 is 0 Å². The number of aryl methyl sites for hydroxylation is 1. The van der Waals surface area contributed by atoms with Crippen molar-refractivity contribution in [2.24, 2.45) is 16.1 Å². The van der Waals surface area contributed by atoms with Crippen LogP contribution < -0.4 is 5.84 Å². The molecule has 0 bridgehead atoms. The van der Waals surface area contributed by atoms with Gasteiger partial charge in [0.25, 0.3) is 5.91 Å². The topological polar surface area (TPSA) is 89.5 Å². The van der Waals surface area contributed by atoms with Gasteiger partial charge in [-0.25, -0.2) is 0 Å². The van der Waals surface area contributed by atoms with E-state index in [1.54, 1.807) is 4.90 Å². The number of methoxy groups -OCH3 is 1. The highest BCUT2D eigenvalue weighted by Gasteiger charge is 2.38. The van der Waals surface area contributed by atoms with Crippen LogP contribution in [0, 0.1) is 6.92 Å². The first-order valence-electron chi connectivity index (χ1n) is 8.96. The van der Waals surface area contributed by atoms with Gasteiger partial charge < -0.3 is 20.3 Å². The number of nitrogens with two attached hydrogens (primary N) is 1. The van der Waals surface area contributed by atoms with Crippen LogP contribution in [0.25, 0.3) is 11.1 Å². The number of hydrogen-bond acceptors (Lipinski definition) is 6. The van der Waals surface area contributed by atoms with E-state index in [1.165, 1.54) is 19.8 Å². The number of likely N-dealkylation sites (tertiary alicyclic amines) is 1. The van der Waals surface area contributed by atoms with Gasteiger partial charge in [-0.3, -0.25) is 4.79 Å². The van der Waals surface area contributed by atoms with Crippen LogP contribution in [0.5, 0.6) is 0 Å². The molecule has 0 unspecified atom stereocenters. The maximum atomic E-state index is 13.1. The Balaban J connectivity index is 1.87. The van der Waals surface area contributed by atoms with E-state index in [0.717, 1.165) is 16.8 Å². The molecule has 1 fully saturated rings. The van der Waals surface area contributed by atoms with E-state index < -0.39 is 6.04 Å². The molecule has 2 N–H and O–H groups in total. The zero-order valence-electron chi connectivity index (χ0n) is 16.3. The Hall–Kier alpha value is -3.35. The zero-order valence-corrected chi connectivity index (χ0v) is 16.3. The van der Waals surface area contributed by atoms with Gasteiger partial charge in [-0.15, -0.1) is 5.10 Å². The number of carbonyl (C=O) groups is 1. The SMILES string of the molecule is CON=C1C[C@@H](/C(=N/N)OC)N(C(=O)c2ccc(-c3ccccc3C)cc2)C1. The van der Waals surface area contributed by atoms with Crippen molar-refractivity contribution in [3.05, 3.63) is 59.7 Å². The summed E-state index contributed by atoms with van der Waals surface area (Å²) in [4.78, 5) is 19.7. The Bertz CT molecular complexity index is 906. The highest BCUT2D eigenvalue weighted by atomic mass is 16.6. The Morgan fingerprint density at radius 2 is 1.86 bits per heavy atom. The van der Waals surface area contributed by atoms with Gasteiger partial charge in [0, 0.05) is 12.0 Å².